The van der Waals surface area contributed by atoms with Crippen LogP contribution in [-0.4, -0.2) is 10.8 Å². The molecule has 0 bridgehead atoms. The molecule has 210 valence electrons. The largest absolute Gasteiger partial charge is 0.398 e. The fourth-order valence-corrected chi connectivity index (χ4v) is 6.77. The van der Waals surface area contributed by atoms with Crippen LogP contribution in [0.25, 0.3) is 60.9 Å². The Kier molecular flexibility index (Phi) is 7.14. The van der Waals surface area contributed by atoms with Crippen molar-refractivity contribution in [3.05, 3.63) is 139 Å². The summed E-state index contributed by atoms with van der Waals surface area (Å²) in [4.78, 5) is 0. The Morgan fingerprint density at radius 2 is 1.26 bits per heavy atom. The lowest BCUT2D eigenvalue weighted by Gasteiger charge is -2.20. The van der Waals surface area contributed by atoms with Crippen molar-refractivity contribution in [1.82, 2.24) is 4.57 Å². The first-order valence-electron chi connectivity index (χ1n) is 14.7. The van der Waals surface area contributed by atoms with Crippen LogP contribution in [0.15, 0.2) is 133 Å². The lowest BCUT2D eigenvalue weighted by Crippen LogP contribution is -1.99. The summed E-state index contributed by atoms with van der Waals surface area (Å²) >= 11 is 1.61. The van der Waals surface area contributed by atoms with Gasteiger partial charge in [0.2, 0.25) is 0 Å². The van der Waals surface area contributed by atoms with E-state index in [0.717, 1.165) is 29.0 Å². The number of anilines is 2. The minimum atomic E-state index is 0.789. The number of nitrogen functional groups attached to an aromatic ring is 1. The van der Waals surface area contributed by atoms with Crippen molar-refractivity contribution in [2.45, 2.75) is 13.3 Å². The predicted molar refractivity (Wildman–Crippen MR) is 188 cm³/mol. The molecule has 0 radical (unpaired) electrons. The van der Waals surface area contributed by atoms with Gasteiger partial charge < -0.3 is 15.0 Å². The second-order valence-electron chi connectivity index (χ2n) is 10.8. The van der Waals surface area contributed by atoms with E-state index in [2.05, 4.69) is 144 Å². The van der Waals surface area contributed by atoms with Gasteiger partial charge in [0.25, 0.3) is 0 Å². The van der Waals surface area contributed by atoms with Gasteiger partial charge in [-0.2, -0.15) is 0 Å². The normalized spacial score (nSPS) is 11.3. The Morgan fingerprint density at radius 1 is 0.605 bits per heavy atom. The summed E-state index contributed by atoms with van der Waals surface area (Å²) in [6.07, 6.45) is 2.95. The number of aromatic nitrogens is 1. The van der Waals surface area contributed by atoms with E-state index in [4.69, 9.17) is 5.73 Å². The van der Waals surface area contributed by atoms with Gasteiger partial charge in [-0.3, -0.25) is 0 Å². The third-order valence-electron chi connectivity index (χ3n) is 8.30. The van der Waals surface area contributed by atoms with Gasteiger partial charge in [0.05, 0.1) is 16.7 Å². The number of hydrogen-bond acceptors (Lipinski definition) is 3. The summed E-state index contributed by atoms with van der Waals surface area (Å²) in [5.74, 6) is 0. The van der Waals surface area contributed by atoms with E-state index in [9.17, 15) is 0 Å². The maximum absolute atomic E-state index is 6.61. The molecule has 0 fully saturated rings. The quantitative estimate of drug-likeness (QED) is 0.147. The molecule has 3 nitrogen and oxygen atoms in total. The van der Waals surface area contributed by atoms with Gasteiger partial charge in [-0.25, -0.2) is 0 Å². The molecule has 4 heteroatoms. The van der Waals surface area contributed by atoms with Crippen LogP contribution >= 0.6 is 11.9 Å². The molecule has 1 aromatic heterocycles. The number of hydrogen-bond donors (Lipinski definition) is 2. The molecule has 43 heavy (non-hydrogen) atoms. The summed E-state index contributed by atoms with van der Waals surface area (Å²) in [7, 11) is 0. The van der Waals surface area contributed by atoms with E-state index in [0.29, 0.717) is 0 Å². The van der Waals surface area contributed by atoms with Crippen molar-refractivity contribution < 1.29 is 0 Å². The van der Waals surface area contributed by atoms with E-state index in [1.54, 1.807) is 11.9 Å². The van der Waals surface area contributed by atoms with Gasteiger partial charge in [0, 0.05) is 39.5 Å². The molecule has 1 heterocycles. The zero-order valence-corrected chi connectivity index (χ0v) is 25.2. The van der Waals surface area contributed by atoms with Crippen LogP contribution in [0, 0.1) is 0 Å². The van der Waals surface area contributed by atoms with E-state index < -0.39 is 0 Å². The first-order valence-corrected chi connectivity index (χ1v) is 15.9. The summed E-state index contributed by atoms with van der Waals surface area (Å²) in [6.45, 7) is 2.23. The molecule has 0 aliphatic rings. The molecule has 7 rings (SSSR count). The van der Waals surface area contributed by atoms with Gasteiger partial charge in [0.1, 0.15) is 0 Å². The third-order valence-corrected chi connectivity index (χ3v) is 8.73. The number of nitrogens with one attached hydrogen (secondary N) is 1. The second-order valence-corrected chi connectivity index (χ2v) is 11.4. The smallest absolute Gasteiger partial charge is 0.0541 e. The molecule has 0 amide bonds. The molecule has 7 aromatic rings. The molecular weight excluding hydrogens is 543 g/mol. The van der Waals surface area contributed by atoms with Crippen LogP contribution in [0.2, 0.25) is 0 Å². The number of nitrogens with two attached hydrogens (primary N) is 1. The van der Waals surface area contributed by atoms with Crippen molar-refractivity contribution in [1.29, 1.82) is 0 Å². The van der Waals surface area contributed by atoms with Gasteiger partial charge in [-0.15, -0.1) is 0 Å². The zero-order chi connectivity index (χ0) is 29.3. The molecule has 6 aromatic carbocycles. The SMILES string of the molecule is CCc1c(-c2ccccc2N)cc(-c2ccc3c(c2)c2ccccc2n3-c2ccccc2)cc1-c1ccccc1NSC. The fraction of sp³-hybridized carbons (Fsp3) is 0.0769. The maximum atomic E-state index is 6.61. The summed E-state index contributed by atoms with van der Waals surface area (Å²) < 4.78 is 5.87. The molecule has 0 saturated carbocycles. The lowest BCUT2D eigenvalue weighted by molar-refractivity contribution is 1.15. The van der Waals surface area contributed by atoms with Crippen LogP contribution in [-0.2, 0) is 6.42 Å². The Bertz CT molecular complexity index is 2090. The van der Waals surface area contributed by atoms with E-state index in [1.807, 2.05) is 12.1 Å². The molecule has 0 aliphatic heterocycles. The summed E-state index contributed by atoms with van der Waals surface area (Å²) in [5.41, 5.74) is 20.4. The van der Waals surface area contributed by atoms with Gasteiger partial charge >= 0.3 is 0 Å². The number of fused-ring (bicyclic) bond motifs is 3. The topological polar surface area (TPSA) is 43.0 Å². The molecule has 0 saturated heterocycles. The molecule has 0 spiro atoms. The van der Waals surface area contributed by atoms with E-state index >= 15 is 0 Å². The van der Waals surface area contributed by atoms with Gasteiger partial charge in [0.15, 0.2) is 0 Å². The van der Waals surface area contributed by atoms with Gasteiger partial charge in [-0.05, 0) is 88.8 Å². The highest BCUT2D eigenvalue weighted by molar-refractivity contribution is 7.99. The number of para-hydroxylation sites is 4. The Balaban J connectivity index is 1.51. The first kappa shape index (κ1) is 26.9. The van der Waals surface area contributed by atoms with E-state index in [1.165, 1.54) is 55.2 Å². The molecule has 0 unspecified atom stereocenters. The van der Waals surface area contributed by atoms with Crippen molar-refractivity contribution in [2.24, 2.45) is 0 Å². The Hall–Kier alpha value is -4.93. The van der Waals surface area contributed by atoms with Crippen molar-refractivity contribution >= 4 is 45.1 Å². The number of rotatable bonds is 7. The van der Waals surface area contributed by atoms with Crippen LogP contribution in [0.1, 0.15) is 12.5 Å². The van der Waals surface area contributed by atoms with E-state index in [-0.39, 0.29) is 0 Å². The average Bonchev–Trinajstić information content (AvgIpc) is 3.39. The van der Waals surface area contributed by atoms with Crippen LogP contribution in [0.4, 0.5) is 11.4 Å². The van der Waals surface area contributed by atoms with Crippen molar-refractivity contribution in [3.63, 3.8) is 0 Å². The van der Waals surface area contributed by atoms with Crippen LogP contribution in [0.3, 0.4) is 0 Å². The highest BCUT2D eigenvalue weighted by atomic mass is 32.2. The Labute approximate surface area is 257 Å². The minimum absolute atomic E-state index is 0.789. The van der Waals surface area contributed by atoms with Crippen molar-refractivity contribution in [2.75, 3.05) is 16.7 Å². The monoisotopic (exact) mass is 575 g/mol. The summed E-state index contributed by atoms with van der Waals surface area (Å²) in [5, 5.41) is 2.49. The highest BCUT2D eigenvalue weighted by Crippen LogP contribution is 2.43. The standard InChI is InChI=1S/C39H33N3S/c1-3-29-33(30-15-7-10-18-36(30)40)24-27(25-34(29)31-16-8-11-19-37(31)41-43-2)26-21-22-39-35(23-26)32-17-9-12-20-38(32)42(39)28-13-5-4-6-14-28/h4-25,41H,3,40H2,1-2H3. The average molecular weight is 576 g/mol. The molecule has 3 N–H and O–H groups in total. The molecular formula is C39H33N3S. The zero-order valence-electron chi connectivity index (χ0n) is 24.3. The van der Waals surface area contributed by atoms with Gasteiger partial charge in [-0.1, -0.05) is 97.7 Å². The number of benzene rings is 6. The molecule has 0 aliphatic carbocycles. The Morgan fingerprint density at radius 3 is 2.02 bits per heavy atom. The number of nitrogens with zero attached hydrogens (tertiary/aromatic N) is 1. The minimum Gasteiger partial charge on any atom is -0.398 e. The molecule has 0 atom stereocenters. The second kappa shape index (κ2) is 11.4. The third kappa shape index (κ3) is 4.74. The van der Waals surface area contributed by atoms with Crippen LogP contribution < -0.4 is 10.5 Å². The maximum Gasteiger partial charge on any atom is 0.0541 e. The lowest BCUT2D eigenvalue weighted by atomic mass is 9.85. The van der Waals surface area contributed by atoms with Crippen LogP contribution in [0.5, 0.6) is 0 Å². The fourth-order valence-electron chi connectivity index (χ4n) is 6.37. The predicted octanol–water partition coefficient (Wildman–Crippen LogP) is 10.6. The summed E-state index contributed by atoms with van der Waals surface area (Å²) in [6, 6.07) is 47.7. The highest BCUT2D eigenvalue weighted by Gasteiger charge is 2.19. The van der Waals surface area contributed by atoms with Crippen molar-refractivity contribution in [3.8, 4) is 39.1 Å². The first-order chi connectivity index (χ1) is 21.2.